The zero-order valence-corrected chi connectivity index (χ0v) is 14.0. The first-order valence-electron chi connectivity index (χ1n) is 7.06. The molecule has 1 aliphatic carbocycles. The quantitative estimate of drug-likeness (QED) is 0.789. The van der Waals surface area contributed by atoms with Crippen LogP contribution in [0.1, 0.15) is 45.1 Å². The minimum Gasteiger partial charge on any atom is -0.389 e. The Labute approximate surface area is 130 Å². The summed E-state index contributed by atoms with van der Waals surface area (Å²) in [6, 6.07) is 8.52. The summed E-state index contributed by atoms with van der Waals surface area (Å²) in [6.07, 6.45) is 4.07. The van der Waals surface area contributed by atoms with Gasteiger partial charge in [-0.2, -0.15) is 0 Å². The molecule has 0 atom stereocenters. The molecule has 0 saturated heterocycles. The topological polar surface area (TPSA) is 32.3 Å². The van der Waals surface area contributed by atoms with E-state index in [4.69, 9.17) is 0 Å². The van der Waals surface area contributed by atoms with E-state index in [0.29, 0.717) is 12.0 Å². The van der Waals surface area contributed by atoms with Crippen LogP contribution in [0.2, 0.25) is 0 Å². The average molecular weight is 373 g/mol. The van der Waals surface area contributed by atoms with Crippen molar-refractivity contribution in [1.82, 2.24) is 5.32 Å². The maximum absolute atomic E-state index is 10.6. The molecule has 1 saturated carbocycles. The van der Waals surface area contributed by atoms with Crippen LogP contribution in [0.4, 0.5) is 0 Å². The third-order valence-corrected chi connectivity index (χ3v) is 4.95. The van der Waals surface area contributed by atoms with Gasteiger partial charge in [0.1, 0.15) is 0 Å². The molecule has 1 fully saturated rings. The average Bonchev–Trinajstić information content (AvgIpc) is 2.36. The van der Waals surface area contributed by atoms with Crippen molar-refractivity contribution in [3.05, 3.63) is 33.4 Å². The van der Waals surface area contributed by atoms with Crippen molar-refractivity contribution in [3.8, 4) is 0 Å². The lowest BCUT2D eigenvalue weighted by atomic mass is 9.71. The van der Waals surface area contributed by atoms with E-state index in [1.54, 1.807) is 0 Å². The van der Waals surface area contributed by atoms with Crippen LogP contribution in [0, 0.1) is 8.99 Å². The summed E-state index contributed by atoms with van der Waals surface area (Å²) in [7, 11) is 0. The lowest BCUT2D eigenvalue weighted by Gasteiger charge is -2.40. The molecule has 1 aromatic rings. The van der Waals surface area contributed by atoms with Gasteiger partial charge in [0.05, 0.1) is 5.60 Å². The Morgan fingerprint density at radius 2 is 1.68 bits per heavy atom. The Balaban J connectivity index is 1.78. The van der Waals surface area contributed by atoms with Crippen LogP contribution in [0.15, 0.2) is 24.3 Å². The SMILES string of the molecule is CC1(C)CCC(O)(CNCc2ccc(I)cc2)CC1. The van der Waals surface area contributed by atoms with E-state index < -0.39 is 5.60 Å². The summed E-state index contributed by atoms with van der Waals surface area (Å²) >= 11 is 2.31. The summed E-state index contributed by atoms with van der Waals surface area (Å²) in [6.45, 7) is 6.13. The van der Waals surface area contributed by atoms with Gasteiger partial charge in [-0.15, -0.1) is 0 Å². The van der Waals surface area contributed by atoms with E-state index in [9.17, 15) is 5.11 Å². The fraction of sp³-hybridized carbons (Fsp3) is 0.625. The van der Waals surface area contributed by atoms with Crippen LogP contribution in [-0.2, 0) is 6.54 Å². The third-order valence-electron chi connectivity index (χ3n) is 4.23. The van der Waals surface area contributed by atoms with Crippen LogP contribution in [0.5, 0.6) is 0 Å². The Morgan fingerprint density at radius 1 is 1.11 bits per heavy atom. The second-order valence-electron chi connectivity index (χ2n) is 6.62. The molecule has 0 radical (unpaired) electrons. The highest BCUT2D eigenvalue weighted by Gasteiger charge is 2.36. The molecule has 0 spiro atoms. The number of hydrogen-bond acceptors (Lipinski definition) is 2. The summed E-state index contributed by atoms with van der Waals surface area (Å²) in [5.74, 6) is 0. The normalized spacial score (nSPS) is 21.3. The highest BCUT2D eigenvalue weighted by Crippen LogP contribution is 2.39. The van der Waals surface area contributed by atoms with Crippen molar-refractivity contribution in [2.75, 3.05) is 6.54 Å². The smallest absolute Gasteiger partial charge is 0.0772 e. The molecular weight excluding hydrogens is 349 g/mol. The van der Waals surface area contributed by atoms with Gasteiger partial charge in [0, 0.05) is 16.7 Å². The number of nitrogens with one attached hydrogen (secondary N) is 1. The molecule has 0 amide bonds. The first-order chi connectivity index (χ1) is 8.89. The molecule has 0 bridgehead atoms. The number of rotatable bonds is 4. The van der Waals surface area contributed by atoms with Gasteiger partial charge in [0.2, 0.25) is 0 Å². The second kappa shape index (κ2) is 6.10. The molecule has 2 nitrogen and oxygen atoms in total. The first-order valence-corrected chi connectivity index (χ1v) is 8.14. The second-order valence-corrected chi connectivity index (χ2v) is 7.86. The lowest BCUT2D eigenvalue weighted by Crippen LogP contribution is -2.44. The van der Waals surface area contributed by atoms with Crippen molar-refractivity contribution >= 4 is 22.6 Å². The minimum atomic E-state index is -0.501. The van der Waals surface area contributed by atoms with Gasteiger partial charge in [0.15, 0.2) is 0 Å². The molecule has 19 heavy (non-hydrogen) atoms. The molecule has 3 heteroatoms. The standard InChI is InChI=1S/C16H24INO/c1-15(2)7-9-16(19,10-8-15)12-18-11-13-3-5-14(17)6-4-13/h3-6,18-19H,7-12H2,1-2H3. The molecular formula is C16H24INO. The van der Waals surface area contributed by atoms with Gasteiger partial charge in [-0.05, 0) is 71.4 Å². The summed E-state index contributed by atoms with van der Waals surface area (Å²) in [5, 5.41) is 14.0. The predicted octanol–water partition coefficient (Wildman–Crippen LogP) is 3.71. The lowest BCUT2D eigenvalue weighted by molar-refractivity contribution is -0.0245. The predicted molar refractivity (Wildman–Crippen MR) is 88.1 cm³/mol. The fourth-order valence-electron chi connectivity index (χ4n) is 2.61. The van der Waals surface area contributed by atoms with Crippen LogP contribution in [0.25, 0.3) is 0 Å². The number of aliphatic hydroxyl groups is 1. The van der Waals surface area contributed by atoms with Gasteiger partial charge in [-0.25, -0.2) is 0 Å². The molecule has 2 rings (SSSR count). The van der Waals surface area contributed by atoms with E-state index in [-0.39, 0.29) is 0 Å². The van der Waals surface area contributed by atoms with E-state index in [0.717, 1.165) is 32.2 Å². The first kappa shape index (κ1) is 15.3. The molecule has 1 aromatic carbocycles. The van der Waals surface area contributed by atoms with E-state index in [1.807, 2.05) is 0 Å². The van der Waals surface area contributed by atoms with Crippen molar-refractivity contribution < 1.29 is 5.11 Å². The molecule has 0 aliphatic heterocycles. The van der Waals surface area contributed by atoms with Crippen molar-refractivity contribution in [2.24, 2.45) is 5.41 Å². The van der Waals surface area contributed by atoms with E-state index >= 15 is 0 Å². The Kier molecular flexibility index (Phi) is 4.90. The van der Waals surface area contributed by atoms with Crippen LogP contribution in [0.3, 0.4) is 0 Å². The highest BCUT2D eigenvalue weighted by atomic mass is 127. The van der Waals surface area contributed by atoms with Crippen LogP contribution in [-0.4, -0.2) is 17.3 Å². The largest absolute Gasteiger partial charge is 0.389 e. The Morgan fingerprint density at radius 3 is 2.26 bits per heavy atom. The van der Waals surface area contributed by atoms with Gasteiger partial charge >= 0.3 is 0 Å². The van der Waals surface area contributed by atoms with Gasteiger partial charge in [-0.3, -0.25) is 0 Å². The van der Waals surface area contributed by atoms with E-state index in [2.05, 4.69) is 66.0 Å². The minimum absolute atomic E-state index is 0.405. The molecule has 2 N–H and O–H groups in total. The number of hydrogen-bond donors (Lipinski definition) is 2. The molecule has 0 unspecified atom stereocenters. The van der Waals surface area contributed by atoms with Crippen LogP contribution < -0.4 is 5.32 Å². The molecule has 0 aromatic heterocycles. The Hall–Kier alpha value is -0.130. The van der Waals surface area contributed by atoms with Crippen molar-refractivity contribution in [1.29, 1.82) is 0 Å². The molecule has 106 valence electrons. The zero-order valence-electron chi connectivity index (χ0n) is 11.9. The summed E-state index contributed by atoms with van der Waals surface area (Å²) in [4.78, 5) is 0. The van der Waals surface area contributed by atoms with Crippen LogP contribution >= 0.6 is 22.6 Å². The molecule has 1 aliphatic rings. The summed E-state index contributed by atoms with van der Waals surface area (Å²) in [5.41, 5.74) is 1.18. The van der Waals surface area contributed by atoms with Gasteiger partial charge in [-0.1, -0.05) is 26.0 Å². The maximum atomic E-state index is 10.6. The monoisotopic (exact) mass is 373 g/mol. The van der Waals surface area contributed by atoms with Gasteiger partial charge < -0.3 is 10.4 Å². The number of benzene rings is 1. The highest BCUT2D eigenvalue weighted by molar-refractivity contribution is 14.1. The summed E-state index contributed by atoms with van der Waals surface area (Å²) < 4.78 is 1.26. The fourth-order valence-corrected chi connectivity index (χ4v) is 2.97. The van der Waals surface area contributed by atoms with E-state index in [1.165, 1.54) is 9.13 Å². The number of halogens is 1. The zero-order chi connectivity index (χ0) is 13.9. The van der Waals surface area contributed by atoms with Crippen molar-refractivity contribution in [3.63, 3.8) is 0 Å². The maximum Gasteiger partial charge on any atom is 0.0772 e. The van der Waals surface area contributed by atoms with Gasteiger partial charge in [0.25, 0.3) is 0 Å². The van der Waals surface area contributed by atoms with Crippen molar-refractivity contribution in [2.45, 2.75) is 51.7 Å². The Bertz CT molecular complexity index is 403. The molecule has 0 heterocycles. The third kappa shape index (κ3) is 4.72.